The number of aromatic nitrogens is 3. The first-order chi connectivity index (χ1) is 10.2. The van der Waals surface area contributed by atoms with Gasteiger partial charge in [0.25, 0.3) is 0 Å². The first-order valence-corrected chi connectivity index (χ1v) is 7.64. The third kappa shape index (κ3) is 3.64. The maximum absolute atomic E-state index is 12.2. The molecule has 122 valence electrons. The number of carbonyl (C=O) groups is 2. The summed E-state index contributed by atoms with van der Waals surface area (Å²) in [4.78, 5) is 30.2. The predicted octanol–water partition coefficient (Wildman–Crippen LogP) is 0.658. The number of carbonyl (C=O) groups excluding carboxylic acids is 2. The highest BCUT2D eigenvalue weighted by Gasteiger charge is 2.39. The molecule has 1 aromatic rings. The average molecular weight is 307 g/mol. The van der Waals surface area contributed by atoms with Gasteiger partial charge in [-0.2, -0.15) is 5.10 Å². The number of nitrogens with one attached hydrogen (secondary N) is 1. The zero-order valence-corrected chi connectivity index (χ0v) is 14.0. The molecule has 0 bridgehead atoms. The monoisotopic (exact) mass is 307 g/mol. The van der Waals surface area contributed by atoms with Crippen LogP contribution in [0.5, 0.6) is 0 Å². The minimum absolute atomic E-state index is 0.0513. The van der Waals surface area contributed by atoms with Gasteiger partial charge in [-0.3, -0.25) is 9.59 Å². The number of nitrogens with zero attached hydrogens (tertiary/aromatic N) is 4. The van der Waals surface area contributed by atoms with Gasteiger partial charge in [-0.05, 0) is 34.6 Å². The molecule has 1 saturated heterocycles. The summed E-state index contributed by atoms with van der Waals surface area (Å²) in [7, 11) is 0. The summed E-state index contributed by atoms with van der Waals surface area (Å²) >= 11 is 0. The Kier molecular flexibility index (Phi) is 4.53. The Balaban J connectivity index is 1.83. The lowest BCUT2D eigenvalue weighted by Crippen LogP contribution is -2.43. The van der Waals surface area contributed by atoms with Crippen LogP contribution in [0.4, 0.5) is 0 Å². The van der Waals surface area contributed by atoms with Crippen LogP contribution in [0.15, 0.2) is 0 Å². The molecule has 1 N–H and O–H groups in total. The summed E-state index contributed by atoms with van der Waals surface area (Å²) in [5, 5.41) is 7.15. The van der Waals surface area contributed by atoms with Crippen molar-refractivity contribution in [2.24, 2.45) is 5.92 Å². The van der Waals surface area contributed by atoms with Gasteiger partial charge in [-0.1, -0.05) is 0 Å². The number of aryl methyl sites for hydroxylation is 2. The fourth-order valence-corrected chi connectivity index (χ4v) is 2.73. The fourth-order valence-electron chi connectivity index (χ4n) is 2.73. The highest BCUT2D eigenvalue weighted by atomic mass is 16.2. The van der Waals surface area contributed by atoms with E-state index in [1.54, 1.807) is 9.58 Å². The number of hydrogen-bond acceptors (Lipinski definition) is 4. The van der Waals surface area contributed by atoms with Gasteiger partial charge in [-0.25, -0.2) is 9.67 Å². The Bertz CT molecular complexity index is 573. The van der Waals surface area contributed by atoms with Crippen LogP contribution < -0.4 is 5.32 Å². The highest BCUT2D eigenvalue weighted by molar-refractivity contribution is 5.89. The molecule has 2 rings (SSSR count). The highest BCUT2D eigenvalue weighted by Crippen LogP contribution is 2.25. The van der Waals surface area contributed by atoms with Gasteiger partial charge in [0.05, 0.1) is 12.5 Å². The van der Waals surface area contributed by atoms with E-state index >= 15 is 0 Å². The van der Waals surface area contributed by atoms with E-state index in [0.717, 1.165) is 11.6 Å². The maximum Gasteiger partial charge on any atom is 0.225 e. The van der Waals surface area contributed by atoms with Crippen LogP contribution in [0.3, 0.4) is 0 Å². The minimum Gasteiger partial charge on any atom is -0.354 e. The molecular weight excluding hydrogens is 282 g/mol. The Labute approximate surface area is 131 Å². The van der Waals surface area contributed by atoms with Crippen molar-refractivity contribution < 1.29 is 9.59 Å². The van der Waals surface area contributed by atoms with Crippen molar-refractivity contribution in [2.75, 3.05) is 13.1 Å². The van der Waals surface area contributed by atoms with Crippen LogP contribution >= 0.6 is 0 Å². The van der Waals surface area contributed by atoms with Crippen LogP contribution in [0.1, 0.15) is 38.8 Å². The second-order valence-electron chi connectivity index (χ2n) is 6.80. The van der Waals surface area contributed by atoms with Gasteiger partial charge >= 0.3 is 0 Å². The maximum atomic E-state index is 12.2. The SMILES string of the molecule is Cc1nc(C)n(CCNC(=O)[C@H]2CC(=O)N(C(C)(C)C)C2)n1. The van der Waals surface area contributed by atoms with Gasteiger partial charge in [0.2, 0.25) is 11.8 Å². The third-order valence-corrected chi connectivity index (χ3v) is 3.89. The lowest BCUT2D eigenvalue weighted by Gasteiger charge is -2.31. The molecule has 7 heteroatoms. The molecule has 0 aromatic carbocycles. The summed E-state index contributed by atoms with van der Waals surface area (Å²) in [6.45, 7) is 11.3. The van der Waals surface area contributed by atoms with E-state index in [-0.39, 0.29) is 23.3 Å². The van der Waals surface area contributed by atoms with Crippen LogP contribution in [-0.2, 0) is 16.1 Å². The van der Waals surface area contributed by atoms with Crippen molar-refractivity contribution in [1.29, 1.82) is 0 Å². The quantitative estimate of drug-likeness (QED) is 0.886. The molecule has 2 amide bonds. The van der Waals surface area contributed by atoms with Crippen LogP contribution in [0.2, 0.25) is 0 Å². The van der Waals surface area contributed by atoms with Crippen molar-refractivity contribution in [3.8, 4) is 0 Å². The van der Waals surface area contributed by atoms with Gasteiger partial charge in [0.1, 0.15) is 11.6 Å². The second kappa shape index (κ2) is 6.06. The summed E-state index contributed by atoms with van der Waals surface area (Å²) in [5.74, 6) is 1.29. The molecule has 7 nitrogen and oxygen atoms in total. The molecule has 0 unspecified atom stereocenters. The van der Waals surface area contributed by atoms with Gasteiger partial charge in [0.15, 0.2) is 0 Å². The van der Waals surface area contributed by atoms with Crippen molar-refractivity contribution >= 4 is 11.8 Å². The molecule has 0 aliphatic carbocycles. The summed E-state index contributed by atoms with van der Waals surface area (Å²) < 4.78 is 1.77. The zero-order chi connectivity index (χ0) is 16.5. The van der Waals surface area contributed by atoms with Crippen LogP contribution in [0.25, 0.3) is 0 Å². The second-order valence-corrected chi connectivity index (χ2v) is 6.80. The lowest BCUT2D eigenvalue weighted by atomic mass is 10.1. The molecule has 22 heavy (non-hydrogen) atoms. The molecule has 1 aliphatic rings. The van der Waals surface area contributed by atoms with Crippen molar-refractivity contribution in [2.45, 2.75) is 53.1 Å². The zero-order valence-electron chi connectivity index (χ0n) is 14.0. The number of amides is 2. The number of hydrogen-bond donors (Lipinski definition) is 1. The van der Waals surface area contributed by atoms with E-state index < -0.39 is 0 Å². The molecular formula is C15H25N5O2. The number of rotatable bonds is 4. The summed E-state index contributed by atoms with van der Waals surface area (Å²) in [6, 6.07) is 0. The Morgan fingerprint density at radius 1 is 1.36 bits per heavy atom. The fraction of sp³-hybridized carbons (Fsp3) is 0.733. The third-order valence-electron chi connectivity index (χ3n) is 3.89. The standard InChI is InChI=1S/C15H25N5O2/c1-10-17-11(2)20(18-10)7-6-16-14(22)12-8-13(21)19(9-12)15(3,4)5/h12H,6-9H2,1-5H3,(H,16,22)/t12-/m0/s1. The van der Waals surface area contributed by atoms with E-state index in [1.807, 2.05) is 34.6 Å². The normalized spacial score (nSPS) is 18.9. The first-order valence-electron chi connectivity index (χ1n) is 7.64. The Morgan fingerprint density at radius 3 is 2.55 bits per heavy atom. The van der Waals surface area contributed by atoms with Crippen molar-refractivity contribution in [3.63, 3.8) is 0 Å². The van der Waals surface area contributed by atoms with E-state index in [9.17, 15) is 9.59 Å². The smallest absolute Gasteiger partial charge is 0.225 e. The first kappa shape index (κ1) is 16.5. The minimum atomic E-state index is -0.259. The predicted molar refractivity (Wildman–Crippen MR) is 82.1 cm³/mol. The Morgan fingerprint density at radius 2 is 2.05 bits per heavy atom. The molecule has 1 atom stereocenters. The molecule has 1 fully saturated rings. The summed E-state index contributed by atoms with van der Waals surface area (Å²) in [5.41, 5.74) is -0.235. The van der Waals surface area contributed by atoms with E-state index in [1.165, 1.54) is 0 Å². The van der Waals surface area contributed by atoms with Gasteiger partial charge in [0, 0.05) is 25.0 Å². The molecule has 0 saturated carbocycles. The molecule has 2 heterocycles. The number of likely N-dealkylation sites (tertiary alicyclic amines) is 1. The topological polar surface area (TPSA) is 80.1 Å². The van der Waals surface area contributed by atoms with Crippen LogP contribution in [-0.4, -0.2) is 50.1 Å². The lowest BCUT2D eigenvalue weighted by molar-refractivity contribution is -0.132. The summed E-state index contributed by atoms with van der Waals surface area (Å²) in [6.07, 6.45) is 0.296. The molecule has 1 aliphatic heterocycles. The average Bonchev–Trinajstić information content (AvgIpc) is 2.92. The van der Waals surface area contributed by atoms with E-state index in [2.05, 4.69) is 15.4 Å². The Hall–Kier alpha value is -1.92. The molecule has 1 aromatic heterocycles. The van der Waals surface area contributed by atoms with Crippen molar-refractivity contribution in [1.82, 2.24) is 25.0 Å². The molecule has 0 radical (unpaired) electrons. The van der Waals surface area contributed by atoms with E-state index in [4.69, 9.17) is 0 Å². The van der Waals surface area contributed by atoms with Crippen LogP contribution in [0, 0.1) is 19.8 Å². The van der Waals surface area contributed by atoms with Gasteiger partial charge < -0.3 is 10.2 Å². The van der Waals surface area contributed by atoms with Crippen molar-refractivity contribution in [3.05, 3.63) is 11.6 Å². The molecule has 0 spiro atoms. The van der Waals surface area contributed by atoms with Gasteiger partial charge in [-0.15, -0.1) is 0 Å². The largest absolute Gasteiger partial charge is 0.354 e. The van der Waals surface area contributed by atoms with E-state index in [0.29, 0.717) is 26.1 Å².